The van der Waals surface area contributed by atoms with Crippen molar-refractivity contribution in [3.8, 4) is 11.5 Å². The number of hydrogen-bond donors (Lipinski definition) is 3. The van der Waals surface area contributed by atoms with Crippen molar-refractivity contribution in [1.29, 1.82) is 0 Å². The van der Waals surface area contributed by atoms with Crippen LogP contribution in [0.25, 0.3) is 0 Å². The smallest absolute Gasteiger partial charge is 0.322 e. The molecule has 3 N–H and O–H groups in total. The van der Waals surface area contributed by atoms with E-state index in [1.54, 1.807) is 19.2 Å². The first-order valence-electron chi connectivity index (χ1n) is 8.67. The van der Waals surface area contributed by atoms with Gasteiger partial charge in [0.25, 0.3) is 5.91 Å². The molecule has 1 aliphatic heterocycles. The Balaban J connectivity index is 1.60. The Labute approximate surface area is 161 Å². The summed E-state index contributed by atoms with van der Waals surface area (Å²) in [4.78, 5) is 34.9. The average Bonchev–Trinajstić information content (AvgIpc) is 2.71. The third kappa shape index (κ3) is 4.59. The van der Waals surface area contributed by atoms with E-state index in [9.17, 15) is 14.4 Å². The molecule has 0 bridgehead atoms. The number of methoxy groups -OCH3 is 1. The van der Waals surface area contributed by atoms with E-state index >= 15 is 0 Å². The second-order valence-corrected chi connectivity index (χ2v) is 6.33. The van der Waals surface area contributed by atoms with Crippen molar-refractivity contribution in [2.24, 2.45) is 5.92 Å². The summed E-state index contributed by atoms with van der Waals surface area (Å²) in [7, 11) is 1.58. The van der Waals surface area contributed by atoms with Crippen LogP contribution >= 0.6 is 0 Å². The molecule has 1 aliphatic rings. The Kier molecular flexibility index (Phi) is 5.78. The van der Waals surface area contributed by atoms with Gasteiger partial charge in [-0.15, -0.1) is 0 Å². The topological polar surface area (TPSA) is 114 Å². The predicted molar refractivity (Wildman–Crippen MR) is 101 cm³/mol. The van der Waals surface area contributed by atoms with Crippen LogP contribution in [0.4, 0.5) is 5.69 Å². The monoisotopic (exact) mass is 384 g/mol. The molecule has 0 spiro atoms. The summed E-state index contributed by atoms with van der Waals surface area (Å²) < 4.78 is 10.9. The Bertz CT molecular complexity index is 894. The van der Waals surface area contributed by atoms with Gasteiger partial charge in [-0.2, -0.15) is 0 Å². The molecular weight excluding hydrogens is 364 g/mol. The number of carbonyl (C=O) groups is 3. The highest BCUT2D eigenvalue weighted by Crippen LogP contribution is 2.31. The molecule has 0 radical (unpaired) electrons. The summed E-state index contributed by atoms with van der Waals surface area (Å²) in [6.07, 6.45) is 0.536. The van der Waals surface area contributed by atoms with Gasteiger partial charge in [0.05, 0.1) is 13.0 Å². The van der Waals surface area contributed by atoms with Gasteiger partial charge in [-0.05, 0) is 54.4 Å². The van der Waals surface area contributed by atoms with Crippen LogP contribution in [-0.2, 0) is 16.0 Å². The average molecular weight is 384 g/mol. The highest BCUT2D eigenvalue weighted by atomic mass is 16.5. The summed E-state index contributed by atoms with van der Waals surface area (Å²) in [6.45, 7) is -0.175. The molecule has 0 saturated carbocycles. The van der Waals surface area contributed by atoms with Crippen molar-refractivity contribution in [3.63, 3.8) is 0 Å². The molecule has 0 aliphatic carbocycles. The number of carbonyl (C=O) groups excluding carboxylic acids is 2. The third-order valence-corrected chi connectivity index (χ3v) is 4.36. The molecule has 8 nitrogen and oxygen atoms in total. The maximum atomic E-state index is 12.6. The Morgan fingerprint density at radius 3 is 2.61 bits per heavy atom. The summed E-state index contributed by atoms with van der Waals surface area (Å²) in [5, 5.41) is 13.7. The van der Waals surface area contributed by atoms with Crippen molar-refractivity contribution >= 4 is 23.5 Å². The Morgan fingerprint density at radius 2 is 1.93 bits per heavy atom. The zero-order chi connectivity index (χ0) is 20.1. The van der Waals surface area contributed by atoms with Gasteiger partial charge in [0, 0.05) is 11.3 Å². The minimum absolute atomic E-state index is 0.184. The van der Waals surface area contributed by atoms with Crippen LogP contribution in [0.5, 0.6) is 11.5 Å². The van der Waals surface area contributed by atoms with Gasteiger partial charge in [0.2, 0.25) is 5.91 Å². The molecule has 1 heterocycles. The second kappa shape index (κ2) is 8.43. The van der Waals surface area contributed by atoms with E-state index in [0.717, 1.165) is 11.3 Å². The zero-order valence-corrected chi connectivity index (χ0v) is 15.2. The first-order valence-corrected chi connectivity index (χ1v) is 8.67. The highest BCUT2D eigenvalue weighted by Gasteiger charge is 2.26. The Hall–Kier alpha value is -3.55. The standard InChI is InChI=1S/C20H20N2O6/c1-27-16-6-7-17-13(9-16)8-14(11-28-17)20(26)22-15-4-2-12(3-5-15)19(25)21-10-18(23)24/h2-7,9,14H,8,10-11H2,1H3,(H,21,25)(H,22,26)(H,23,24). The highest BCUT2D eigenvalue weighted by molar-refractivity contribution is 5.97. The van der Waals surface area contributed by atoms with Crippen molar-refractivity contribution in [3.05, 3.63) is 53.6 Å². The van der Waals surface area contributed by atoms with Crippen molar-refractivity contribution in [1.82, 2.24) is 5.32 Å². The summed E-state index contributed by atoms with van der Waals surface area (Å²) >= 11 is 0. The predicted octanol–water partition coefficient (Wildman–Crippen LogP) is 1.70. The van der Waals surface area contributed by atoms with Gasteiger partial charge in [0.1, 0.15) is 24.7 Å². The quantitative estimate of drug-likeness (QED) is 0.699. The number of aliphatic carboxylic acids is 1. The molecule has 0 fully saturated rings. The fourth-order valence-electron chi connectivity index (χ4n) is 2.87. The van der Waals surface area contributed by atoms with E-state index in [1.807, 2.05) is 18.2 Å². The summed E-state index contributed by atoms with van der Waals surface area (Å²) in [6, 6.07) is 11.7. The first kappa shape index (κ1) is 19.2. The first-order chi connectivity index (χ1) is 13.5. The lowest BCUT2D eigenvalue weighted by molar-refractivity contribution is -0.135. The molecule has 2 aromatic rings. The number of fused-ring (bicyclic) bond motifs is 1. The normalized spacial score (nSPS) is 15.0. The lowest BCUT2D eigenvalue weighted by Gasteiger charge is -2.25. The van der Waals surface area contributed by atoms with E-state index < -0.39 is 18.4 Å². The van der Waals surface area contributed by atoms with Gasteiger partial charge < -0.3 is 25.2 Å². The number of benzene rings is 2. The molecule has 3 rings (SSSR count). The number of amides is 2. The molecule has 146 valence electrons. The number of hydrogen-bond acceptors (Lipinski definition) is 5. The van der Waals surface area contributed by atoms with Crippen LogP contribution in [0.3, 0.4) is 0 Å². The maximum Gasteiger partial charge on any atom is 0.322 e. The van der Waals surface area contributed by atoms with Gasteiger partial charge in [0.15, 0.2) is 0 Å². The second-order valence-electron chi connectivity index (χ2n) is 6.33. The molecule has 2 amide bonds. The Morgan fingerprint density at radius 1 is 1.18 bits per heavy atom. The van der Waals surface area contributed by atoms with Crippen LogP contribution in [0.1, 0.15) is 15.9 Å². The van der Waals surface area contributed by atoms with E-state index in [2.05, 4.69) is 10.6 Å². The number of ether oxygens (including phenoxy) is 2. The van der Waals surface area contributed by atoms with E-state index in [-0.39, 0.29) is 18.4 Å². The van der Waals surface area contributed by atoms with Gasteiger partial charge >= 0.3 is 5.97 Å². The molecule has 1 atom stereocenters. The zero-order valence-electron chi connectivity index (χ0n) is 15.2. The number of carboxylic acid groups (broad SMARTS) is 1. The van der Waals surface area contributed by atoms with Crippen LogP contribution in [0.15, 0.2) is 42.5 Å². The molecule has 0 saturated heterocycles. The van der Waals surface area contributed by atoms with Gasteiger partial charge in [-0.1, -0.05) is 0 Å². The summed E-state index contributed by atoms with van der Waals surface area (Å²) in [5.41, 5.74) is 1.76. The molecule has 1 unspecified atom stereocenters. The van der Waals surface area contributed by atoms with Crippen molar-refractivity contribution in [2.75, 3.05) is 25.6 Å². The molecule has 0 aromatic heterocycles. The minimum atomic E-state index is -1.12. The van der Waals surface area contributed by atoms with Gasteiger partial charge in [-0.25, -0.2) is 0 Å². The van der Waals surface area contributed by atoms with E-state index in [4.69, 9.17) is 14.6 Å². The fourth-order valence-corrected chi connectivity index (χ4v) is 2.87. The van der Waals surface area contributed by atoms with E-state index in [0.29, 0.717) is 23.4 Å². The molecule has 28 heavy (non-hydrogen) atoms. The maximum absolute atomic E-state index is 12.6. The largest absolute Gasteiger partial charge is 0.497 e. The number of anilines is 1. The number of carboxylic acids is 1. The van der Waals surface area contributed by atoms with Crippen LogP contribution in [-0.4, -0.2) is 43.2 Å². The fraction of sp³-hybridized carbons (Fsp3) is 0.250. The van der Waals surface area contributed by atoms with Crippen molar-refractivity contribution < 1.29 is 29.0 Å². The molecule has 8 heteroatoms. The lowest BCUT2D eigenvalue weighted by atomic mass is 9.95. The van der Waals surface area contributed by atoms with Crippen LogP contribution in [0.2, 0.25) is 0 Å². The van der Waals surface area contributed by atoms with E-state index in [1.165, 1.54) is 12.1 Å². The molecular formula is C20H20N2O6. The SMILES string of the molecule is COc1ccc2c(c1)CC(C(=O)Nc1ccc(C(=O)NCC(=O)O)cc1)CO2. The lowest BCUT2D eigenvalue weighted by Crippen LogP contribution is -2.32. The van der Waals surface area contributed by atoms with Crippen LogP contribution in [0, 0.1) is 5.92 Å². The third-order valence-electron chi connectivity index (χ3n) is 4.36. The van der Waals surface area contributed by atoms with Gasteiger partial charge in [-0.3, -0.25) is 14.4 Å². The van der Waals surface area contributed by atoms with Crippen LogP contribution < -0.4 is 20.1 Å². The molecule has 2 aromatic carbocycles. The minimum Gasteiger partial charge on any atom is -0.497 e. The summed E-state index contributed by atoms with van der Waals surface area (Å²) in [5.74, 6) is -0.686. The van der Waals surface area contributed by atoms with Crippen molar-refractivity contribution in [2.45, 2.75) is 6.42 Å². The number of rotatable bonds is 6. The number of nitrogens with one attached hydrogen (secondary N) is 2.